The van der Waals surface area contributed by atoms with Crippen LogP contribution in [0.4, 0.5) is 10.5 Å². The zero-order valence-electron chi connectivity index (χ0n) is 19.4. The minimum absolute atomic E-state index is 0.218. The van der Waals surface area contributed by atoms with Crippen molar-refractivity contribution < 1.29 is 13.9 Å². The molecule has 1 amide bonds. The van der Waals surface area contributed by atoms with Gasteiger partial charge >= 0.3 is 11.7 Å². The number of fused-ring (bicyclic) bond motifs is 3. The van der Waals surface area contributed by atoms with Crippen LogP contribution < -0.4 is 15.8 Å². The molecular formula is C24H33N3O4. The monoisotopic (exact) mass is 427 g/mol. The van der Waals surface area contributed by atoms with E-state index in [4.69, 9.17) is 9.15 Å². The first-order valence-electron chi connectivity index (χ1n) is 11.1. The number of carbonyl (C=O) groups excluding carboxylic acids is 1. The van der Waals surface area contributed by atoms with Crippen molar-refractivity contribution in [2.75, 3.05) is 24.5 Å². The Morgan fingerprint density at radius 3 is 2.48 bits per heavy atom. The van der Waals surface area contributed by atoms with Gasteiger partial charge in [0.25, 0.3) is 0 Å². The summed E-state index contributed by atoms with van der Waals surface area (Å²) < 4.78 is 11.3. The first kappa shape index (κ1) is 21.7. The van der Waals surface area contributed by atoms with E-state index in [-0.39, 0.29) is 12.2 Å². The second kappa shape index (κ2) is 7.86. The van der Waals surface area contributed by atoms with E-state index in [0.717, 1.165) is 35.3 Å². The molecule has 4 rings (SSSR count). The highest BCUT2D eigenvalue weighted by Crippen LogP contribution is 2.33. The molecule has 0 bridgehead atoms. The average molecular weight is 428 g/mol. The molecule has 2 aromatic rings. The Labute approximate surface area is 183 Å². The standard InChI is InChI=1S/C24H33N3O4/c1-14-11-27(12-15(2)25-14)20-8-7-18-17-9-10-26(23(29)31-24(4,5)6)13-19(17)22(28)30-21(18)16(20)3/h7-8,14-15,25H,9-13H2,1-6H3/t14-,15+. The zero-order valence-corrected chi connectivity index (χ0v) is 19.4. The number of nitrogens with zero attached hydrogens (tertiary/aromatic N) is 2. The lowest BCUT2D eigenvalue weighted by Crippen LogP contribution is -2.54. The summed E-state index contributed by atoms with van der Waals surface area (Å²) in [6.45, 7) is 14.5. The van der Waals surface area contributed by atoms with Gasteiger partial charge in [-0.15, -0.1) is 0 Å². The third kappa shape index (κ3) is 4.28. The fourth-order valence-corrected chi connectivity index (χ4v) is 4.80. The van der Waals surface area contributed by atoms with Gasteiger partial charge in [-0.3, -0.25) is 0 Å². The van der Waals surface area contributed by atoms with Crippen molar-refractivity contribution in [1.82, 2.24) is 10.2 Å². The van der Waals surface area contributed by atoms with E-state index >= 15 is 0 Å². The minimum atomic E-state index is -0.572. The maximum Gasteiger partial charge on any atom is 0.410 e. The van der Waals surface area contributed by atoms with Crippen molar-refractivity contribution in [1.29, 1.82) is 0 Å². The molecule has 1 N–H and O–H groups in total. The van der Waals surface area contributed by atoms with Crippen molar-refractivity contribution in [3.63, 3.8) is 0 Å². The summed E-state index contributed by atoms with van der Waals surface area (Å²) in [7, 11) is 0. The fraction of sp³-hybridized carbons (Fsp3) is 0.583. The normalized spacial score (nSPS) is 21.9. The highest BCUT2D eigenvalue weighted by Gasteiger charge is 2.30. The first-order chi connectivity index (χ1) is 14.5. The van der Waals surface area contributed by atoms with Crippen molar-refractivity contribution in [2.24, 2.45) is 0 Å². The van der Waals surface area contributed by atoms with Gasteiger partial charge in [0, 0.05) is 48.4 Å². The van der Waals surface area contributed by atoms with Crippen molar-refractivity contribution in [3.8, 4) is 0 Å². The van der Waals surface area contributed by atoms with Gasteiger partial charge in [0.15, 0.2) is 0 Å². The van der Waals surface area contributed by atoms with Gasteiger partial charge in [0.2, 0.25) is 0 Å². The highest BCUT2D eigenvalue weighted by molar-refractivity contribution is 5.88. The molecule has 2 aliphatic heterocycles. The van der Waals surface area contributed by atoms with Crippen molar-refractivity contribution >= 4 is 22.7 Å². The average Bonchev–Trinajstić information content (AvgIpc) is 2.66. The zero-order chi connectivity index (χ0) is 22.5. The van der Waals surface area contributed by atoms with Crippen LogP contribution in [0.5, 0.6) is 0 Å². The van der Waals surface area contributed by atoms with Crippen LogP contribution in [0, 0.1) is 6.92 Å². The molecule has 31 heavy (non-hydrogen) atoms. The molecule has 1 aromatic heterocycles. The number of anilines is 1. The Balaban J connectivity index is 1.69. The number of nitrogens with one attached hydrogen (secondary N) is 1. The molecule has 3 heterocycles. The number of hydrogen-bond donors (Lipinski definition) is 1. The van der Waals surface area contributed by atoms with Gasteiger partial charge < -0.3 is 24.3 Å². The third-order valence-electron chi connectivity index (χ3n) is 6.04. The Hall–Kier alpha value is -2.54. The number of amides is 1. The number of carbonyl (C=O) groups is 1. The van der Waals surface area contributed by atoms with Crippen LogP contribution in [0.15, 0.2) is 21.3 Å². The van der Waals surface area contributed by atoms with E-state index in [0.29, 0.717) is 36.2 Å². The summed E-state index contributed by atoms with van der Waals surface area (Å²) in [6.07, 6.45) is 0.211. The van der Waals surface area contributed by atoms with Gasteiger partial charge in [0.05, 0.1) is 12.1 Å². The van der Waals surface area contributed by atoms with E-state index < -0.39 is 11.7 Å². The molecule has 2 atom stereocenters. The number of hydrogen-bond acceptors (Lipinski definition) is 6. The molecule has 1 fully saturated rings. The Kier molecular flexibility index (Phi) is 5.50. The third-order valence-corrected chi connectivity index (χ3v) is 6.04. The maximum atomic E-state index is 12.9. The number of rotatable bonds is 1. The van der Waals surface area contributed by atoms with Gasteiger partial charge in [-0.1, -0.05) is 0 Å². The molecular weight excluding hydrogens is 394 g/mol. The van der Waals surface area contributed by atoms with Crippen LogP contribution >= 0.6 is 0 Å². The van der Waals surface area contributed by atoms with E-state index in [9.17, 15) is 9.59 Å². The molecule has 2 aliphatic rings. The molecule has 1 saturated heterocycles. The minimum Gasteiger partial charge on any atom is -0.444 e. The number of ether oxygens (including phenoxy) is 1. The summed E-state index contributed by atoms with van der Waals surface area (Å²) >= 11 is 0. The predicted molar refractivity (Wildman–Crippen MR) is 122 cm³/mol. The quantitative estimate of drug-likeness (QED) is 0.701. The van der Waals surface area contributed by atoms with E-state index in [1.807, 2.05) is 27.7 Å². The van der Waals surface area contributed by atoms with E-state index in [1.54, 1.807) is 4.90 Å². The number of benzene rings is 1. The summed E-state index contributed by atoms with van der Waals surface area (Å²) in [6, 6.07) is 5.00. The van der Waals surface area contributed by atoms with Gasteiger partial charge in [-0.2, -0.15) is 0 Å². The second-order valence-electron chi connectivity index (χ2n) is 9.96. The van der Waals surface area contributed by atoms with Gasteiger partial charge in [0.1, 0.15) is 11.2 Å². The molecule has 1 aromatic carbocycles. The van der Waals surface area contributed by atoms with Crippen LogP contribution in [0.2, 0.25) is 0 Å². The van der Waals surface area contributed by atoms with E-state index in [2.05, 4.69) is 36.2 Å². The van der Waals surface area contributed by atoms with Gasteiger partial charge in [-0.25, -0.2) is 9.59 Å². The van der Waals surface area contributed by atoms with Crippen LogP contribution in [-0.2, 0) is 17.7 Å². The SMILES string of the molecule is Cc1c(N2C[C@@H](C)N[C@@H](C)C2)ccc2c3c(c(=O)oc12)CN(C(=O)OC(C)(C)C)CC3. The van der Waals surface area contributed by atoms with Crippen molar-refractivity contribution in [3.05, 3.63) is 39.2 Å². The smallest absolute Gasteiger partial charge is 0.410 e. The van der Waals surface area contributed by atoms with Crippen LogP contribution in [0.25, 0.3) is 11.0 Å². The summed E-state index contributed by atoms with van der Waals surface area (Å²) in [5.41, 5.74) is 3.38. The molecule has 168 valence electrons. The number of aryl methyl sites for hydroxylation is 1. The largest absolute Gasteiger partial charge is 0.444 e. The summed E-state index contributed by atoms with van der Waals surface area (Å²) in [5, 5.41) is 4.52. The molecule has 7 heteroatoms. The number of piperazine rings is 1. The summed E-state index contributed by atoms with van der Waals surface area (Å²) in [4.78, 5) is 29.3. The topological polar surface area (TPSA) is 75.0 Å². The van der Waals surface area contributed by atoms with Crippen molar-refractivity contribution in [2.45, 2.75) is 72.2 Å². The highest BCUT2D eigenvalue weighted by atomic mass is 16.6. The molecule has 0 radical (unpaired) electrons. The molecule has 0 spiro atoms. The van der Waals surface area contributed by atoms with Crippen LogP contribution in [-0.4, -0.2) is 48.3 Å². The summed E-state index contributed by atoms with van der Waals surface area (Å²) in [5.74, 6) is 0. The molecule has 0 aliphatic carbocycles. The lowest BCUT2D eigenvalue weighted by Gasteiger charge is -2.38. The first-order valence-corrected chi connectivity index (χ1v) is 11.1. The predicted octanol–water partition coefficient (Wildman–Crippen LogP) is 3.58. The Morgan fingerprint density at radius 2 is 1.84 bits per heavy atom. The van der Waals surface area contributed by atoms with Gasteiger partial charge in [-0.05, 0) is 65.7 Å². The molecule has 0 saturated carbocycles. The van der Waals surface area contributed by atoms with E-state index in [1.165, 1.54) is 0 Å². The lowest BCUT2D eigenvalue weighted by molar-refractivity contribution is 0.0222. The Bertz CT molecular complexity index is 1060. The van der Waals surface area contributed by atoms with Crippen LogP contribution in [0.1, 0.15) is 51.3 Å². The molecule has 0 unspecified atom stereocenters. The fourth-order valence-electron chi connectivity index (χ4n) is 4.80. The van der Waals surface area contributed by atoms with Crippen LogP contribution in [0.3, 0.4) is 0 Å². The lowest BCUT2D eigenvalue weighted by atomic mass is 9.95. The Morgan fingerprint density at radius 1 is 1.16 bits per heavy atom. The maximum absolute atomic E-state index is 12.9. The second-order valence-corrected chi connectivity index (χ2v) is 9.96. The molecule has 7 nitrogen and oxygen atoms in total.